The van der Waals surface area contributed by atoms with Gasteiger partial charge in [-0.3, -0.25) is 4.98 Å². The maximum atomic E-state index is 6.20. The Hall–Kier alpha value is -0.770. The van der Waals surface area contributed by atoms with Crippen molar-refractivity contribution in [3.8, 4) is 0 Å². The largest absolute Gasteiger partial charge is 0.309 e. The van der Waals surface area contributed by atoms with Gasteiger partial charge in [-0.25, -0.2) is 0 Å². The quantitative estimate of drug-likeness (QED) is 0.867. The van der Waals surface area contributed by atoms with Crippen molar-refractivity contribution in [3.05, 3.63) is 41.0 Å². The zero-order valence-corrected chi connectivity index (χ0v) is 12.9. The van der Waals surface area contributed by atoms with Crippen LogP contribution in [0.4, 0.5) is 0 Å². The molecule has 1 heterocycles. The van der Waals surface area contributed by atoms with Crippen LogP contribution >= 0.6 is 23.4 Å². The van der Waals surface area contributed by atoms with E-state index in [0.29, 0.717) is 6.04 Å². The molecule has 2 aromatic rings. The molecule has 0 saturated heterocycles. The first-order chi connectivity index (χ1) is 9.26. The molecule has 4 heteroatoms. The van der Waals surface area contributed by atoms with Crippen molar-refractivity contribution in [3.63, 3.8) is 0 Å². The van der Waals surface area contributed by atoms with Crippen LogP contribution in [-0.4, -0.2) is 23.0 Å². The number of rotatable bonds is 6. The van der Waals surface area contributed by atoms with Crippen molar-refractivity contribution < 1.29 is 0 Å². The number of nitrogens with one attached hydrogen (secondary N) is 1. The summed E-state index contributed by atoms with van der Waals surface area (Å²) in [4.78, 5) is 4.46. The summed E-state index contributed by atoms with van der Waals surface area (Å²) >= 11 is 8.08. The van der Waals surface area contributed by atoms with Crippen LogP contribution in [0, 0.1) is 0 Å². The molecule has 0 saturated carbocycles. The van der Waals surface area contributed by atoms with E-state index in [4.69, 9.17) is 11.6 Å². The molecule has 0 bridgehead atoms. The molecule has 0 fully saturated rings. The summed E-state index contributed by atoms with van der Waals surface area (Å²) in [5, 5.41) is 5.39. The molecule has 0 aliphatic rings. The maximum Gasteiger partial charge on any atom is 0.0761 e. The first-order valence-electron chi connectivity index (χ1n) is 6.50. The van der Waals surface area contributed by atoms with Crippen LogP contribution in [0.25, 0.3) is 10.9 Å². The molecule has 0 spiro atoms. The van der Waals surface area contributed by atoms with Crippen molar-refractivity contribution in [1.82, 2.24) is 10.3 Å². The number of aromatic nitrogens is 1. The Morgan fingerprint density at radius 3 is 2.95 bits per heavy atom. The van der Waals surface area contributed by atoms with Crippen LogP contribution in [0.2, 0.25) is 5.02 Å². The van der Waals surface area contributed by atoms with Crippen molar-refractivity contribution in [2.75, 3.05) is 12.0 Å². The first kappa shape index (κ1) is 14.6. The second-order valence-corrected chi connectivity index (χ2v) is 5.87. The summed E-state index contributed by atoms with van der Waals surface area (Å²) in [5.41, 5.74) is 2.21. The smallest absolute Gasteiger partial charge is 0.0761 e. The molecule has 2 rings (SSSR count). The lowest BCUT2D eigenvalue weighted by Gasteiger charge is -2.16. The molecule has 1 atom stereocenters. The lowest BCUT2D eigenvalue weighted by atomic mass is 10.1. The Morgan fingerprint density at radius 1 is 1.37 bits per heavy atom. The van der Waals surface area contributed by atoms with E-state index in [1.54, 1.807) is 0 Å². The van der Waals surface area contributed by atoms with Gasteiger partial charge in [0.1, 0.15) is 0 Å². The van der Waals surface area contributed by atoms with Gasteiger partial charge in [-0.1, -0.05) is 24.6 Å². The second-order valence-electron chi connectivity index (χ2n) is 4.55. The fourth-order valence-corrected chi connectivity index (χ4v) is 3.09. The van der Waals surface area contributed by atoms with E-state index in [1.165, 1.54) is 5.56 Å². The molecule has 1 aromatic carbocycles. The van der Waals surface area contributed by atoms with Gasteiger partial charge >= 0.3 is 0 Å². The van der Waals surface area contributed by atoms with Gasteiger partial charge in [0.15, 0.2) is 0 Å². The lowest BCUT2D eigenvalue weighted by Crippen LogP contribution is -2.30. The fourth-order valence-electron chi connectivity index (χ4n) is 2.12. The summed E-state index contributed by atoms with van der Waals surface area (Å²) in [5.74, 6) is 1.13. The number of fused-ring (bicyclic) bond motifs is 1. The van der Waals surface area contributed by atoms with Crippen LogP contribution < -0.4 is 5.32 Å². The fraction of sp³-hybridized carbons (Fsp3) is 0.400. The Labute approximate surface area is 123 Å². The van der Waals surface area contributed by atoms with Gasteiger partial charge in [-0.2, -0.15) is 11.8 Å². The highest BCUT2D eigenvalue weighted by Crippen LogP contribution is 2.24. The van der Waals surface area contributed by atoms with Crippen molar-refractivity contribution in [2.24, 2.45) is 0 Å². The third kappa shape index (κ3) is 3.62. The average molecular weight is 295 g/mol. The molecule has 19 heavy (non-hydrogen) atoms. The molecular weight excluding hydrogens is 276 g/mol. The molecule has 1 unspecified atom stereocenters. The van der Waals surface area contributed by atoms with Crippen molar-refractivity contribution >= 4 is 34.3 Å². The van der Waals surface area contributed by atoms with E-state index in [9.17, 15) is 0 Å². The second kappa shape index (κ2) is 7.13. The normalized spacial score (nSPS) is 12.8. The van der Waals surface area contributed by atoms with Crippen LogP contribution in [0.5, 0.6) is 0 Å². The molecule has 0 aliphatic carbocycles. The summed E-state index contributed by atoms with van der Waals surface area (Å²) in [6.07, 6.45) is 5.10. The number of benzene rings is 1. The predicted molar refractivity (Wildman–Crippen MR) is 86.1 cm³/mol. The average Bonchev–Trinajstić information content (AvgIpc) is 2.45. The summed E-state index contributed by atoms with van der Waals surface area (Å²) < 4.78 is 0. The van der Waals surface area contributed by atoms with E-state index < -0.39 is 0 Å². The van der Waals surface area contributed by atoms with Gasteiger partial charge in [0.05, 0.1) is 5.52 Å². The minimum atomic E-state index is 0.546. The minimum absolute atomic E-state index is 0.546. The number of pyridine rings is 1. The van der Waals surface area contributed by atoms with Gasteiger partial charge < -0.3 is 5.32 Å². The molecule has 0 aliphatic heterocycles. The lowest BCUT2D eigenvalue weighted by molar-refractivity contribution is 0.542. The Bertz CT molecular complexity index is 545. The van der Waals surface area contributed by atoms with E-state index in [2.05, 4.69) is 29.5 Å². The molecular formula is C15H19ClN2S. The monoisotopic (exact) mass is 294 g/mol. The van der Waals surface area contributed by atoms with Crippen LogP contribution in [0.3, 0.4) is 0 Å². The number of nitrogens with zero attached hydrogens (tertiary/aromatic N) is 1. The Balaban J connectivity index is 2.19. The standard InChI is InChI=1S/C15H19ClN2S/c1-3-12(10-19-2)18-9-11-6-7-14(16)13-5-4-8-17-15(11)13/h4-8,12,18H,3,9-10H2,1-2H3. The van der Waals surface area contributed by atoms with Gasteiger partial charge in [-0.15, -0.1) is 0 Å². The molecule has 1 N–H and O–H groups in total. The summed E-state index contributed by atoms with van der Waals surface area (Å²) in [6.45, 7) is 3.05. The molecule has 0 amide bonds. The van der Waals surface area contributed by atoms with E-state index in [1.807, 2.05) is 36.2 Å². The number of hydrogen-bond acceptors (Lipinski definition) is 3. The summed E-state index contributed by atoms with van der Waals surface area (Å²) in [6, 6.07) is 8.51. The van der Waals surface area contributed by atoms with Crippen LogP contribution in [0.1, 0.15) is 18.9 Å². The number of hydrogen-bond donors (Lipinski definition) is 1. The zero-order chi connectivity index (χ0) is 13.7. The number of thioether (sulfide) groups is 1. The van der Waals surface area contributed by atoms with Crippen LogP contribution in [-0.2, 0) is 6.54 Å². The van der Waals surface area contributed by atoms with Gasteiger partial charge in [0, 0.05) is 34.9 Å². The molecule has 0 radical (unpaired) electrons. The molecule has 1 aromatic heterocycles. The Kier molecular flexibility index (Phi) is 5.49. The highest BCUT2D eigenvalue weighted by Gasteiger charge is 2.08. The van der Waals surface area contributed by atoms with Crippen molar-refractivity contribution in [1.29, 1.82) is 0 Å². The van der Waals surface area contributed by atoms with E-state index in [0.717, 1.165) is 34.6 Å². The van der Waals surface area contributed by atoms with Gasteiger partial charge in [0.25, 0.3) is 0 Å². The Morgan fingerprint density at radius 2 is 2.21 bits per heavy atom. The SMILES string of the molecule is CCC(CSC)NCc1ccc(Cl)c2cccnc12. The minimum Gasteiger partial charge on any atom is -0.309 e. The zero-order valence-electron chi connectivity index (χ0n) is 11.3. The predicted octanol–water partition coefficient (Wildman–Crippen LogP) is 4.12. The van der Waals surface area contributed by atoms with E-state index in [-0.39, 0.29) is 0 Å². The topological polar surface area (TPSA) is 24.9 Å². The summed E-state index contributed by atoms with van der Waals surface area (Å²) in [7, 11) is 0. The van der Waals surface area contributed by atoms with Gasteiger partial charge in [0.2, 0.25) is 0 Å². The van der Waals surface area contributed by atoms with Gasteiger partial charge in [-0.05, 0) is 36.4 Å². The first-order valence-corrected chi connectivity index (χ1v) is 8.27. The molecule has 2 nitrogen and oxygen atoms in total. The highest BCUT2D eigenvalue weighted by molar-refractivity contribution is 7.98. The van der Waals surface area contributed by atoms with Crippen molar-refractivity contribution in [2.45, 2.75) is 25.9 Å². The van der Waals surface area contributed by atoms with Crippen LogP contribution in [0.15, 0.2) is 30.5 Å². The third-order valence-corrected chi connectivity index (χ3v) is 4.31. The third-order valence-electron chi connectivity index (χ3n) is 3.24. The maximum absolute atomic E-state index is 6.20. The molecule has 102 valence electrons. The number of halogens is 1. The highest BCUT2D eigenvalue weighted by atomic mass is 35.5. The van der Waals surface area contributed by atoms with E-state index >= 15 is 0 Å².